The molecule has 2 N–H and O–H groups in total. The third-order valence-corrected chi connectivity index (χ3v) is 3.18. The van der Waals surface area contributed by atoms with E-state index >= 15 is 0 Å². The summed E-state index contributed by atoms with van der Waals surface area (Å²) in [5, 5.41) is 11.9. The van der Waals surface area contributed by atoms with Gasteiger partial charge in [-0.05, 0) is 12.1 Å². The summed E-state index contributed by atoms with van der Waals surface area (Å²) in [6.45, 7) is 0.173. The highest BCUT2D eigenvalue weighted by Crippen LogP contribution is 2.28. The number of aromatic nitrogens is 2. The molecule has 1 aliphatic heterocycles. The molecule has 8 heteroatoms. The molecule has 3 amide bonds. The second kappa shape index (κ2) is 4.82. The molecule has 2 heterocycles. The minimum Gasteiger partial charge on any atom is -0.478 e. The first-order valence-electron chi connectivity index (χ1n) is 6.14. The van der Waals surface area contributed by atoms with Crippen LogP contribution in [0.15, 0.2) is 24.7 Å². The summed E-state index contributed by atoms with van der Waals surface area (Å²) in [6.07, 6.45) is 2.94. The van der Waals surface area contributed by atoms with Gasteiger partial charge in [-0.3, -0.25) is 15.0 Å². The maximum Gasteiger partial charge on any atom is 0.335 e. The van der Waals surface area contributed by atoms with Gasteiger partial charge in [0.1, 0.15) is 6.33 Å². The van der Waals surface area contributed by atoms with E-state index in [1.54, 1.807) is 0 Å². The molecular weight excluding hydrogens is 276 g/mol. The standard InChI is InChI=1S/C13H10N4O4/c18-10-1-2-17(13(21)16-10)9-4-7(12(19)20)3-8-5-14-6-15-11(8)9/h3-6H,1-2H2,(H,19,20)(H,16,18,21). The van der Waals surface area contributed by atoms with Crippen molar-refractivity contribution in [2.24, 2.45) is 0 Å². The lowest BCUT2D eigenvalue weighted by Gasteiger charge is -2.27. The van der Waals surface area contributed by atoms with E-state index in [4.69, 9.17) is 5.11 Å². The number of benzene rings is 1. The Morgan fingerprint density at radius 3 is 2.86 bits per heavy atom. The fourth-order valence-corrected chi connectivity index (χ4v) is 2.21. The molecule has 0 atom stereocenters. The molecule has 1 saturated heterocycles. The first kappa shape index (κ1) is 13.0. The molecule has 2 aromatic rings. The zero-order valence-electron chi connectivity index (χ0n) is 10.7. The number of anilines is 1. The summed E-state index contributed by atoms with van der Waals surface area (Å²) < 4.78 is 0. The van der Waals surface area contributed by atoms with Crippen LogP contribution in [0.4, 0.5) is 10.5 Å². The summed E-state index contributed by atoms with van der Waals surface area (Å²) in [7, 11) is 0. The number of carboxylic acid groups (broad SMARTS) is 1. The third-order valence-electron chi connectivity index (χ3n) is 3.18. The molecule has 0 bridgehead atoms. The van der Waals surface area contributed by atoms with Gasteiger partial charge in [-0.2, -0.15) is 0 Å². The Hall–Kier alpha value is -3.03. The Balaban J connectivity index is 2.18. The number of carbonyl (C=O) groups is 3. The summed E-state index contributed by atoms with van der Waals surface area (Å²) in [6, 6.07) is 2.22. The number of imide groups is 1. The van der Waals surface area contributed by atoms with Gasteiger partial charge in [-0.15, -0.1) is 0 Å². The van der Waals surface area contributed by atoms with Crippen LogP contribution in [0.5, 0.6) is 0 Å². The zero-order valence-corrected chi connectivity index (χ0v) is 10.7. The van der Waals surface area contributed by atoms with Crippen molar-refractivity contribution < 1.29 is 19.5 Å². The average molecular weight is 286 g/mol. The Kier molecular flexibility index (Phi) is 2.98. The van der Waals surface area contributed by atoms with Crippen molar-refractivity contribution in [3.8, 4) is 0 Å². The lowest BCUT2D eigenvalue weighted by molar-refractivity contribution is -0.120. The van der Waals surface area contributed by atoms with Crippen LogP contribution in [0.1, 0.15) is 16.8 Å². The number of hydrogen-bond acceptors (Lipinski definition) is 5. The number of carboxylic acids is 1. The number of nitrogens with zero attached hydrogens (tertiary/aromatic N) is 3. The zero-order chi connectivity index (χ0) is 15.0. The average Bonchev–Trinajstić information content (AvgIpc) is 2.46. The molecule has 3 rings (SSSR count). The van der Waals surface area contributed by atoms with Crippen molar-refractivity contribution >= 4 is 34.5 Å². The predicted molar refractivity (Wildman–Crippen MR) is 72.0 cm³/mol. The topological polar surface area (TPSA) is 112 Å². The van der Waals surface area contributed by atoms with Crippen LogP contribution >= 0.6 is 0 Å². The second-order valence-electron chi connectivity index (χ2n) is 4.52. The molecule has 0 saturated carbocycles. The van der Waals surface area contributed by atoms with E-state index in [0.29, 0.717) is 16.6 Å². The van der Waals surface area contributed by atoms with E-state index in [0.717, 1.165) is 0 Å². The first-order chi connectivity index (χ1) is 10.1. The molecule has 1 fully saturated rings. The molecule has 8 nitrogen and oxygen atoms in total. The van der Waals surface area contributed by atoms with E-state index in [9.17, 15) is 14.4 Å². The highest BCUT2D eigenvalue weighted by atomic mass is 16.4. The molecule has 0 aliphatic carbocycles. The van der Waals surface area contributed by atoms with Gasteiger partial charge in [0.15, 0.2) is 0 Å². The Morgan fingerprint density at radius 1 is 1.33 bits per heavy atom. The van der Waals surface area contributed by atoms with Gasteiger partial charge in [0.2, 0.25) is 5.91 Å². The monoisotopic (exact) mass is 286 g/mol. The van der Waals surface area contributed by atoms with Crippen molar-refractivity contribution in [3.05, 3.63) is 30.2 Å². The summed E-state index contributed by atoms with van der Waals surface area (Å²) in [5.74, 6) is -1.47. The lowest BCUT2D eigenvalue weighted by Crippen LogP contribution is -2.49. The smallest absolute Gasteiger partial charge is 0.335 e. The maximum absolute atomic E-state index is 11.9. The molecule has 1 aromatic carbocycles. The number of hydrogen-bond donors (Lipinski definition) is 2. The van der Waals surface area contributed by atoms with E-state index in [1.165, 1.54) is 29.6 Å². The highest BCUT2D eigenvalue weighted by Gasteiger charge is 2.26. The minimum absolute atomic E-state index is 0.0250. The molecule has 0 unspecified atom stereocenters. The van der Waals surface area contributed by atoms with Crippen LogP contribution in [0.25, 0.3) is 10.9 Å². The highest BCUT2D eigenvalue weighted by molar-refractivity contribution is 6.10. The molecule has 1 aliphatic rings. The van der Waals surface area contributed by atoms with Gasteiger partial charge in [0.05, 0.1) is 16.8 Å². The van der Waals surface area contributed by atoms with Gasteiger partial charge < -0.3 is 5.11 Å². The van der Waals surface area contributed by atoms with Gasteiger partial charge in [0, 0.05) is 24.5 Å². The molecule has 106 valence electrons. The normalized spacial score (nSPS) is 15.1. The Labute approximate surface area is 118 Å². The van der Waals surface area contributed by atoms with E-state index < -0.39 is 12.0 Å². The number of carbonyl (C=O) groups excluding carboxylic acids is 2. The van der Waals surface area contributed by atoms with Crippen LogP contribution in [0.2, 0.25) is 0 Å². The summed E-state index contributed by atoms with van der Waals surface area (Å²) in [4.78, 5) is 43.6. The number of amides is 3. The SMILES string of the molecule is O=C1CCN(c2cc(C(=O)O)cc3cncnc23)C(=O)N1. The molecule has 0 radical (unpaired) electrons. The second-order valence-corrected chi connectivity index (χ2v) is 4.52. The molecule has 1 aromatic heterocycles. The Bertz CT molecular complexity index is 774. The van der Waals surface area contributed by atoms with Crippen LogP contribution in [-0.2, 0) is 4.79 Å². The minimum atomic E-state index is -1.12. The molecule has 0 spiro atoms. The lowest BCUT2D eigenvalue weighted by atomic mass is 10.1. The summed E-state index contributed by atoms with van der Waals surface area (Å²) >= 11 is 0. The first-order valence-corrected chi connectivity index (χ1v) is 6.14. The van der Waals surface area contributed by atoms with Gasteiger partial charge in [0.25, 0.3) is 0 Å². The van der Waals surface area contributed by atoms with Gasteiger partial charge >= 0.3 is 12.0 Å². The third kappa shape index (κ3) is 2.27. The van der Waals surface area contributed by atoms with E-state index in [-0.39, 0.29) is 24.4 Å². The predicted octanol–water partition coefficient (Wildman–Crippen LogP) is 0.774. The van der Waals surface area contributed by atoms with E-state index in [1.807, 2.05) is 0 Å². The quantitative estimate of drug-likeness (QED) is 0.843. The number of fused-ring (bicyclic) bond motifs is 1. The fraction of sp³-hybridized carbons (Fsp3) is 0.154. The largest absolute Gasteiger partial charge is 0.478 e. The number of aromatic carboxylic acids is 1. The van der Waals surface area contributed by atoms with Gasteiger partial charge in [-0.25, -0.2) is 19.6 Å². The maximum atomic E-state index is 11.9. The Morgan fingerprint density at radius 2 is 2.14 bits per heavy atom. The summed E-state index contributed by atoms with van der Waals surface area (Å²) in [5.41, 5.74) is 0.828. The van der Waals surface area contributed by atoms with Crippen molar-refractivity contribution in [3.63, 3.8) is 0 Å². The van der Waals surface area contributed by atoms with Crippen molar-refractivity contribution in [2.45, 2.75) is 6.42 Å². The van der Waals surface area contributed by atoms with Crippen molar-refractivity contribution in [1.29, 1.82) is 0 Å². The van der Waals surface area contributed by atoms with Crippen LogP contribution < -0.4 is 10.2 Å². The molecule has 21 heavy (non-hydrogen) atoms. The molecular formula is C13H10N4O4. The number of urea groups is 1. The van der Waals surface area contributed by atoms with Crippen molar-refractivity contribution in [2.75, 3.05) is 11.4 Å². The van der Waals surface area contributed by atoms with E-state index in [2.05, 4.69) is 15.3 Å². The van der Waals surface area contributed by atoms with Crippen LogP contribution in [0, 0.1) is 0 Å². The van der Waals surface area contributed by atoms with Crippen molar-refractivity contribution in [1.82, 2.24) is 15.3 Å². The fourth-order valence-electron chi connectivity index (χ4n) is 2.21. The van der Waals surface area contributed by atoms with Gasteiger partial charge in [-0.1, -0.05) is 0 Å². The number of rotatable bonds is 2. The van der Waals surface area contributed by atoms with Crippen LogP contribution in [0.3, 0.4) is 0 Å². The van der Waals surface area contributed by atoms with Crippen LogP contribution in [-0.4, -0.2) is 39.5 Å². The number of nitrogens with one attached hydrogen (secondary N) is 1.